The Morgan fingerprint density at radius 1 is 0.960 bits per heavy atom. The van der Waals surface area contributed by atoms with Gasteiger partial charge in [-0.1, -0.05) is 40.5 Å². The molecular weight excluding hydrogens is 314 g/mol. The number of rotatable bonds is 4. The van der Waals surface area contributed by atoms with Gasteiger partial charge in [0.2, 0.25) is 11.8 Å². The van der Waals surface area contributed by atoms with E-state index in [0.29, 0.717) is 17.9 Å². The molecule has 0 radical (unpaired) electrons. The predicted octanol–water partition coefficient (Wildman–Crippen LogP) is 2.51. The van der Waals surface area contributed by atoms with Gasteiger partial charge in [0, 0.05) is 38.1 Å². The fourth-order valence-corrected chi connectivity index (χ4v) is 4.17. The fraction of sp³-hybridized carbons (Fsp3) is 0.900. The minimum absolute atomic E-state index is 0.0436. The van der Waals surface area contributed by atoms with E-state index < -0.39 is 0 Å². The smallest absolute Gasteiger partial charge is 0.237 e. The molecule has 1 saturated carbocycles. The summed E-state index contributed by atoms with van der Waals surface area (Å²) in [5.74, 6) is 1.65. The molecule has 144 valence electrons. The molecule has 2 fully saturated rings. The van der Waals surface area contributed by atoms with Gasteiger partial charge in [-0.15, -0.1) is 0 Å². The molecule has 2 aliphatic rings. The van der Waals surface area contributed by atoms with Gasteiger partial charge >= 0.3 is 0 Å². The molecule has 5 heteroatoms. The molecule has 0 spiro atoms. The van der Waals surface area contributed by atoms with Gasteiger partial charge in [0.15, 0.2) is 0 Å². The summed E-state index contributed by atoms with van der Waals surface area (Å²) in [5, 5.41) is 3.31. The van der Waals surface area contributed by atoms with E-state index >= 15 is 0 Å². The van der Waals surface area contributed by atoms with Crippen molar-refractivity contribution >= 4 is 11.8 Å². The zero-order chi connectivity index (χ0) is 18.6. The van der Waals surface area contributed by atoms with Gasteiger partial charge in [-0.2, -0.15) is 0 Å². The van der Waals surface area contributed by atoms with Crippen molar-refractivity contribution in [1.29, 1.82) is 0 Å². The van der Waals surface area contributed by atoms with E-state index in [-0.39, 0.29) is 23.8 Å². The lowest BCUT2D eigenvalue weighted by Gasteiger charge is -2.36. The van der Waals surface area contributed by atoms with Crippen LogP contribution in [-0.2, 0) is 9.59 Å². The Balaban J connectivity index is 1.88. The molecule has 25 heavy (non-hydrogen) atoms. The summed E-state index contributed by atoms with van der Waals surface area (Å²) in [6.45, 7) is 13.7. The quantitative estimate of drug-likeness (QED) is 0.847. The Bertz CT molecular complexity index is 466. The number of carbonyl (C=O) groups excluding carboxylic acids is 2. The third kappa shape index (κ3) is 5.19. The summed E-state index contributed by atoms with van der Waals surface area (Å²) in [6, 6.07) is 0.184. The first kappa shape index (κ1) is 20.2. The molecule has 1 aliphatic carbocycles. The number of hydrogen-bond acceptors (Lipinski definition) is 3. The Morgan fingerprint density at radius 3 is 2.36 bits per heavy atom. The molecule has 1 saturated heterocycles. The molecule has 1 heterocycles. The molecule has 4 unspecified atom stereocenters. The van der Waals surface area contributed by atoms with Gasteiger partial charge in [-0.25, -0.2) is 0 Å². The highest BCUT2D eigenvalue weighted by molar-refractivity contribution is 5.81. The number of carbonyl (C=O) groups is 2. The topological polar surface area (TPSA) is 52.7 Å². The van der Waals surface area contributed by atoms with Crippen molar-refractivity contribution in [3.8, 4) is 0 Å². The largest absolute Gasteiger partial charge is 0.352 e. The Hall–Kier alpha value is -1.10. The average Bonchev–Trinajstić information content (AvgIpc) is 2.83. The van der Waals surface area contributed by atoms with Crippen molar-refractivity contribution in [2.45, 2.75) is 72.4 Å². The van der Waals surface area contributed by atoms with Gasteiger partial charge in [0.1, 0.15) is 0 Å². The zero-order valence-corrected chi connectivity index (χ0v) is 16.8. The summed E-state index contributed by atoms with van der Waals surface area (Å²) in [5.41, 5.74) is 0. The molecule has 1 aliphatic heterocycles. The van der Waals surface area contributed by atoms with Crippen LogP contribution in [0.3, 0.4) is 0 Å². The van der Waals surface area contributed by atoms with Gasteiger partial charge < -0.3 is 10.2 Å². The van der Waals surface area contributed by atoms with Crippen LogP contribution in [-0.4, -0.2) is 59.9 Å². The molecule has 4 atom stereocenters. The first-order valence-electron chi connectivity index (χ1n) is 10.1. The van der Waals surface area contributed by atoms with E-state index in [2.05, 4.69) is 24.1 Å². The lowest BCUT2D eigenvalue weighted by molar-refractivity contribution is -0.134. The molecule has 0 aromatic heterocycles. The molecule has 2 rings (SSSR count). The third-order valence-electron chi connectivity index (χ3n) is 6.30. The second-order valence-corrected chi connectivity index (χ2v) is 8.43. The van der Waals surface area contributed by atoms with Gasteiger partial charge in [-0.3, -0.25) is 14.5 Å². The van der Waals surface area contributed by atoms with Crippen LogP contribution in [0.15, 0.2) is 0 Å². The molecular formula is C20H37N3O2. The maximum atomic E-state index is 12.8. The number of amides is 2. The third-order valence-corrected chi connectivity index (χ3v) is 6.30. The monoisotopic (exact) mass is 351 g/mol. The van der Waals surface area contributed by atoms with Crippen molar-refractivity contribution < 1.29 is 9.59 Å². The first-order valence-corrected chi connectivity index (χ1v) is 10.1. The van der Waals surface area contributed by atoms with Crippen LogP contribution in [0.25, 0.3) is 0 Å². The second-order valence-electron chi connectivity index (χ2n) is 8.43. The molecule has 0 aromatic rings. The van der Waals surface area contributed by atoms with Gasteiger partial charge in [-0.05, 0) is 31.6 Å². The summed E-state index contributed by atoms with van der Waals surface area (Å²) >= 11 is 0. The van der Waals surface area contributed by atoms with Crippen LogP contribution in [0, 0.1) is 17.8 Å². The number of nitrogens with zero attached hydrogens (tertiary/aromatic N) is 2. The van der Waals surface area contributed by atoms with E-state index in [4.69, 9.17) is 0 Å². The van der Waals surface area contributed by atoms with Crippen LogP contribution < -0.4 is 5.32 Å². The van der Waals surface area contributed by atoms with E-state index in [1.807, 2.05) is 25.7 Å². The molecule has 2 amide bonds. The highest BCUT2D eigenvalue weighted by Crippen LogP contribution is 2.29. The molecule has 0 aromatic carbocycles. The van der Waals surface area contributed by atoms with Crippen LogP contribution in [0.5, 0.6) is 0 Å². The highest BCUT2D eigenvalue weighted by Gasteiger charge is 2.31. The predicted molar refractivity (Wildman–Crippen MR) is 101 cm³/mol. The highest BCUT2D eigenvalue weighted by atomic mass is 16.2. The van der Waals surface area contributed by atoms with Crippen molar-refractivity contribution in [2.75, 3.05) is 26.2 Å². The van der Waals surface area contributed by atoms with Crippen LogP contribution >= 0.6 is 0 Å². The minimum Gasteiger partial charge on any atom is -0.352 e. The van der Waals surface area contributed by atoms with E-state index in [0.717, 1.165) is 39.0 Å². The van der Waals surface area contributed by atoms with Crippen molar-refractivity contribution in [3.63, 3.8) is 0 Å². The lowest BCUT2D eigenvalue weighted by atomic mass is 9.78. The van der Waals surface area contributed by atoms with Crippen LogP contribution in [0.2, 0.25) is 0 Å². The van der Waals surface area contributed by atoms with E-state index in [9.17, 15) is 9.59 Å². The average molecular weight is 352 g/mol. The molecule has 0 bridgehead atoms. The summed E-state index contributed by atoms with van der Waals surface area (Å²) in [4.78, 5) is 29.2. The van der Waals surface area contributed by atoms with Gasteiger partial charge in [0.25, 0.3) is 0 Å². The summed E-state index contributed by atoms with van der Waals surface area (Å²) in [6.07, 6.45) is 4.52. The standard InChI is InChI=1S/C20H37N3O2/c1-14(2)20(25)23-11-7-10-22(12-13-23)17(5)19(24)21-18-9-6-8-15(3)16(18)4/h14-18H,6-13H2,1-5H3,(H,21,24). The van der Waals surface area contributed by atoms with E-state index in [1.54, 1.807) is 0 Å². The number of hydrogen-bond donors (Lipinski definition) is 1. The van der Waals surface area contributed by atoms with E-state index in [1.165, 1.54) is 12.8 Å². The van der Waals surface area contributed by atoms with Crippen molar-refractivity contribution in [2.24, 2.45) is 17.8 Å². The Labute approximate surface area is 153 Å². The molecule has 1 N–H and O–H groups in total. The Morgan fingerprint density at radius 2 is 1.68 bits per heavy atom. The van der Waals surface area contributed by atoms with Crippen LogP contribution in [0.1, 0.15) is 60.3 Å². The van der Waals surface area contributed by atoms with Gasteiger partial charge in [0.05, 0.1) is 6.04 Å². The number of nitrogens with one attached hydrogen (secondary N) is 1. The SMILES string of the molecule is CC(C)C(=O)N1CCCN(C(C)C(=O)NC2CCCC(C)C2C)CC1. The maximum Gasteiger partial charge on any atom is 0.237 e. The van der Waals surface area contributed by atoms with Crippen molar-refractivity contribution in [1.82, 2.24) is 15.1 Å². The molecule has 5 nitrogen and oxygen atoms in total. The first-order chi connectivity index (χ1) is 11.8. The zero-order valence-electron chi connectivity index (χ0n) is 16.8. The normalized spacial score (nSPS) is 30.0. The maximum absolute atomic E-state index is 12.8. The minimum atomic E-state index is -0.126. The second kappa shape index (κ2) is 9.02. The fourth-order valence-electron chi connectivity index (χ4n) is 4.17. The lowest BCUT2D eigenvalue weighted by Crippen LogP contribution is -2.52. The van der Waals surface area contributed by atoms with Crippen LogP contribution in [0.4, 0.5) is 0 Å². The van der Waals surface area contributed by atoms with Crippen molar-refractivity contribution in [3.05, 3.63) is 0 Å². The Kier molecular flexibility index (Phi) is 7.29. The summed E-state index contributed by atoms with van der Waals surface area (Å²) < 4.78 is 0. The summed E-state index contributed by atoms with van der Waals surface area (Å²) in [7, 11) is 0.